The van der Waals surface area contributed by atoms with Crippen molar-refractivity contribution in [2.24, 2.45) is 11.7 Å². The number of nitrogens with two attached hydrogens (primary N) is 1. The number of ether oxygens (including phenoxy) is 1. The van der Waals surface area contributed by atoms with Crippen LogP contribution in [0.5, 0.6) is 5.75 Å². The van der Waals surface area contributed by atoms with Gasteiger partial charge >= 0.3 is 6.36 Å². The Morgan fingerprint density at radius 3 is 2.83 bits per heavy atom. The van der Waals surface area contributed by atoms with Crippen LogP contribution in [0.3, 0.4) is 0 Å². The summed E-state index contributed by atoms with van der Waals surface area (Å²) in [5.41, 5.74) is 6.29. The molecule has 3 N–H and O–H groups in total. The molecule has 1 aromatic heterocycles. The third-order valence-electron chi connectivity index (χ3n) is 3.67. The number of benzene rings is 1. The van der Waals surface area contributed by atoms with Crippen molar-refractivity contribution in [1.29, 1.82) is 0 Å². The monoisotopic (exact) mass is 345 g/mol. The van der Waals surface area contributed by atoms with Crippen molar-refractivity contribution in [3.8, 4) is 5.75 Å². The number of fused-ring (bicyclic) bond motifs is 1. The highest BCUT2D eigenvalue weighted by molar-refractivity contribution is 7.22. The van der Waals surface area contributed by atoms with Crippen molar-refractivity contribution >= 4 is 32.6 Å². The standard InChI is InChI=1S/C14H14F3N3O2S/c15-14(16,17)22-9-3-4-10-11(6-9)23-13(19-10)20-12(21)7-1-2-8(18)5-7/h3-4,6-8H,1-2,5,18H2,(H,19,20,21). The quantitative estimate of drug-likeness (QED) is 0.895. The summed E-state index contributed by atoms with van der Waals surface area (Å²) in [5.74, 6) is -0.599. The fraction of sp³-hybridized carbons (Fsp3) is 0.429. The molecule has 124 valence electrons. The summed E-state index contributed by atoms with van der Waals surface area (Å²) in [7, 11) is 0. The molecular formula is C14H14F3N3O2S. The van der Waals surface area contributed by atoms with Gasteiger partial charge in [0.25, 0.3) is 0 Å². The van der Waals surface area contributed by atoms with Gasteiger partial charge in [0.05, 0.1) is 10.2 Å². The lowest BCUT2D eigenvalue weighted by Gasteiger charge is -2.08. The minimum atomic E-state index is -4.74. The van der Waals surface area contributed by atoms with E-state index in [9.17, 15) is 18.0 Å². The Hall–Kier alpha value is -1.87. The van der Waals surface area contributed by atoms with Crippen molar-refractivity contribution < 1.29 is 22.7 Å². The minimum Gasteiger partial charge on any atom is -0.406 e. The number of amides is 1. The number of halogens is 3. The van der Waals surface area contributed by atoms with Crippen molar-refractivity contribution in [3.05, 3.63) is 18.2 Å². The largest absolute Gasteiger partial charge is 0.573 e. The van der Waals surface area contributed by atoms with Crippen molar-refractivity contribution in [3.63, 3.8) is 0 Å². The molecule has 0 bridgehead atoms. The molecule has 1 heterocycles. The summed E-state index contributed by atoms with van der Waals surface area (Å²) in [6, 6.07) is 3.91. The van der Waals surface area contributed by atoms with Crippen molar-refractivity contribution in [1.82, 2.24) is 4.98 Å². The van der Waals surface area contributed by atoms with Gasteiger partial charge in [0, 0.05) is 18.0 Å². The van der Waals surface area contributed by atoms with Gasteiger partial charge in [-0.05, 0) is 31.4 Å². The summed E-state index contributed by atoms with van der Waals surface area (Å²) in [6.45, 7) is 0. The molecular weight excluding hydrogens is 331 g/mol. The Morgan fingerprint density at radius 2 is 2.17 bits per heavy atom. The summed E-state index contributed by atoms with van der Waals surface area (Å²) < 4.78 is 41.0. The Balaban J connectivity index is 1.73. The number of anilines is 1. The summed E-state index contributed by atoms with van der Waals surface area (Å²) in [6.07, 6.45) is -2.55. The number of rotatable bonds is 3. The molecule has 1 aromatic carbocycles. The van der Waals surface area contributed by atoms with E-state index in [0.29, 0.717) is 21.8 Å². The Morgan fingerprint density at radius 1 is 1.39 bits per heavy atom. The fourth-order valence-corrected chi connectivity index (χ4v) is 3.51. The first-order chi connectivity index (χ1) is 10.8. The van der Waals surface area contributed by atoms with E-state index in [2.05, 4.69) is 15.0 Å². The molecule has 9 heteroatoms. The van der Waals surface area contributed by atoms with Gasteiger partial charge < -0.3 is 15.8 Å². The first-order valence-electron chi connectivity index (χ1n) is 7.03. The van der Waals surface area contributed by atoms with E-state index in [1.165, 1.54) is 18.2 Å². The third-order valence-corrected chi connectivity index (χ3v) is 4.60. The van der Waals surface area contributed by atoms with Crippen LogP contribution in [0.25, 0.3) is 10.2 Å². The van der Waals surface area contributed by atoms with Crippen LogP contribution in [0.4, 0.5) is 18.3 Å². The second kappa shape index (κ2) is 5.97. The van der Waals surface area contributed by atoms with E-state index in [0.717, 1.165) is 24.2 Å². The molecule has 3 rings (SSSR count). The highest BCUT2D eigenvalue weighted by Gasteiger charge is 2.31. The molecule has 2 atom stereocenters. The van der Waals surface area contributed by atoms with Gasteiger partial charge in [0.15, 0.2) is 5.13 Å². The summed E-state index contributed by atoms with van der Waals surface area (Å²) >= 11 is 1.10. The zero-order valence-corrected chi connectivity index (χ0v) is 12.7. The Kier molecular flexibility index (Phi) is 4.15. The maximum Gasteiger partial charge on any atom is 0.573 e. The average molecular weight is 345 g/mol. The number of carbonyl (C=O) groups is 1. The number of nitrogens with zero attached hydrogens (tertiary/aromatic N) is 1. The smallest absolute Gasteiger partial charge is 0.406 e. The van der Waals surface area contributed by atoms with Crippen LogP contribution < -0.4 is 15.8 Å². The molecule has 1 aliphatic rings. The maximum atomic E-state index is 12.2. The number of aromatic nitrogens is 1. The lowest BCUT2D eigenvalue weighted by Crippen LogP contribution is -2.23. The van der Waals surface area contributed by atoms with Crippen molar-refractivity contribution in [2.45, 2.75) is 31.7 Å². The zero-order valence-electron chi connectivity index (χ0n) is 11.9. The van der Waals surface area contributed by atoms with Crippen LogP contribution in [-0.4, -0.2) is 23.3 Å². The lowest BCUT2D eigenvalue weighted by atomic mass is 10.1. The predicted molar refractivity (Wildman–Crippen MR) is 80.2 cm³/mol. The fourth-order valence-electron chi connectivity index (χ4n) is 2.62. The minimum absolute atomic E-state index is 0.0446. The van der Waals surface area contributed by atoms with Gasteiger partial charge in [-0.3, -0.25) is 4.79 Å². The zero-order chi connectivity index (χ0) is 16.6. The highest BCUT2D eigenvalue weighted by Crippen LogP contribution is 2.32. The van der Waals surface area contributed by atoms with Gasteiger partial charge in [-0.25, -0.2) is 4.98 Å². The van der Waals surface area contributed by atoms with E-state index in [1.807, 2.05) is 0 Å². The number of alkyl halides is 3. The van der Waals surface area contributed by atoms with Crippen LogP contribution in [0.15, 0.2) is 18.2 Å². The molecule has 1 fully saturated rings. The lowest BCUT2D eigenvalue weighted by molar-refractivity contribution is -0.274. The topological polar surface area (TPSA) is 77.2 Å². The van der Waals surface area contributed by atoms with E-state index >= 15 is 0 Å². The van der Waals surface area contributed by atoms with E-state index < -0.39 is 6.36 Å². The molecule has 2 aromatic rings. The molecule has 1 aliphatic carbocycles. The van der Waals surface area contributed by atoms with Crippen molar-refractivity contribution in [2.75, 3.05) is 5.32 Å². The number of thiazole rings is 1. The molecule has 0 saturated heterocycles. The normalized spacial score (nSPS) is 21.6. The second-order valence-corrected chi connectivity index (χ2v) is 6.49. The molecule has 1 saturated carbocycles. The molecule has 2 unspecified atom stereocenters. The van der Waals surface area contributed by atoms with Gasteiger partial charge in [0.1, 0.15) is 5.75 Å². The third kappa shape index (κ3) is 3.91. The van der Waals surface area contributed by atoms with Gasteiger partial charge in [-0.2, -0.15) is 0 Å². The average Bonchev–Trinajstić information content (AvgIpc) is 3.02. The summed E-state index contributed by atoms with van der Waals surface area (Å²) in [4.78, 5) is 16.3. The van der Waals surface area contributed by atoms with Crippen LogP contribution in [0.1, 0.15) is 19.3 Å². The number of nitrogens with one attached hydrogen (secondary N) is 1. The highest BCUT2D eigenvalue weighted by atomic mass is 32.1. The molecule has 0 radical (unpaired) electrons. The van der Waals surface area contributed by atoms with Gasteiger partial charge in [-0.1, -0.05) is 11.3 Å². The number of hydrogen-bond donors (Lipinski definition) is 2. The molecule has 0 spiro atoms. The van der Waals surface area contributed by atoms with Crippen LogP contribution in [0.2, 0.25) is 0 Å². The number of hydrogen-bond acceptors (Lipinski definition) is 5. The van der Waals surface area contributed by atoms with Crippen LogP contribution in [0, 0.1) is 5.92 Å². The van der Waals surface area contributed by atoms with Gasteiger partial charge in [0.2, 0.25) is 5.91 Å². The van der Waals surface area contributed by atoms with Crippen LogP contribution in [-0.2, 0) is 4.79 Å². The Bertz CT molecular complexity index is 732. The van der Waals surface area contributed by atoms with Gasteiger partial charge in [-0.15, -0.1) is 13.2 Å². The van der Waals surface area contributed by atoms with E-state index in [-0.39, 0.29) is 23.6 Å². The second-order valence-electron chi connectivity index (χ2n) is 5.46. The molecule has 1 amide bonds. The van der Waals surface area contributed by atoms with Crippen LogP contribution >= 0.6 is 11.3 Å². The Labute approximate surface area is 133 Å². The SMILES string of the molecule is NC1CCC(C(=O)Nc2nc3ccc(OC(F)(F)F)cc3s2)C1. The van der Waals surface area contributed by atoms with E-state index in [4.69, 9.17) is 5.73 Å². The first kappa shape index (κ1) is 16.0. The number of carbonyl (C=O) groups excluding carboxylic acids is 1. The van der Waals surface area contributed by atoms with E-state index in [1.54, 1.807) is 0 Å². The molecule has 23 heavy (non-hydrogen) atoms. The predicted octanol–water partition coefficient (Wildman–Crippen LogP) is 3.26. The molecule has 5 nitrogen and oxygen atoms in total. The first-order valence-corrected chi connectivity index (χ1v) is 7.84. The summed E-state index contributed by atoms with van der Waals surface area (Å²) in [5, 5.41) is 3.07. The molecule has 0 aliphatic heterocycles. The maximum absolute atomic E-state index is 12.2.